The van der Waals surface area contributed by atoms with Gasteiger partial charge in [0.25, 0.3) is 11.5 Å². The van der Waals surface area contributed by atoms with E-state index in [1.54, 1.807) is 40.6 Å². The summed E-state index contributed by atoms with van der Waals surface area (Å²) in [6.07, 6.45) is 2.46. The zero-order chi connectivity index (χ0) is 20.4. The molecular formula is C22H22N4O3. The number of benzene rings is 2. The second kappa shape index (κ2) is 7.79. The van der Waals surface area contributed by atoms with Gasteiger partial charge in [0.05, 0.1) is 30.9 Å². The van der Waals surface area contributed by atoms with Crippen molar-refractivity contribution in [2.75, 3.05) is 13.7 Å². The first kappa shape index (κ1) is 18.7. The average molecular weight is 390 g/mol. The average Bonchev–Trinajstić information content (AvgIpc) is 3.25. The van der Waals surface area contributed by atoms with Crippen molar-refractivity contribution in [2.45, 2.75) is 19.9 Å². The van der Waals surface area contributed by atoms with Crippen molar-refractivity contribution in [1.29, 1.82) is 0 Å². The molecule has 0 aliphatic rings. The molecule has 0 aliphatic heterocycles. The molecule has 0 aliphatic carbocycles. The highest BCUT2D eigenvalue weighted by Gasteiger charge is 2.15. The van der Waals surface area contributed by atoms with Crippen molar-refractivity contribution in [3.05, 3.63) is 76.2 Å². The second-order valence-corrected chi connectivity index (χ2v) is 6.83. The molecular weight excluding hydrogens is 368 g/mol. The summed E-state index contributed by atoms with van der Waals surface area (Å²) in [6, 6.07) is 14.6. The van der Waals surface area contributed by atoms with Crippen LogP contribution in [0.5, 0.6) is 5.75 Å². The van der Waals surface area contributed by atoms with Crippen molar-refractivity contribution in [1.82, 2.24) is 19.5 Å². The van der Waals surface area contributed by atoms with Gasteiger partial charge in [-0.3, -0.25) is 9.59 Å². The van der Waals surface area contributed by atoms with Gasteiger partial charge in [-0.25, -0.2) is 4.52 Å². The molecule has 2 aromatic carbocycles. The molecule has 7 nitrogen and oxygen atoms in total. The summed E-state index contributed by atoms with van der Waals surface area (Å²) in [5, 5.41) is 7.17. The van der Waals surface area contributed by atoms with Crippen LogP contribution in [0.2, 0.25) is 0 Å². The lowest BCUT2D eigenvalue weighted by Gasteiger charge is -2.14. The van der Waals surface area contributed by atoms with E-state index in [1.807, 2.05) is 37.3 Å². The molecule has 0 unspecified atom stereocenters. The second-order valence-electron chi connectivity index (χ2n) is 6.83. The minimum Gasteiger partial charge on any atom is -0.497 e. The van der Waals surface area contributed by atoms with Crippen molar-refractivity contribution < 1.29 is 9.53 Å². The summed E-state index contributed by atoms with van der Waals surface area (Å²) in [7, 11) is 1.61. The van der Waals surface area contributed by atoms with Crippen LogP contribution in [-0.4, -0.2) is 33.7 Å². The topological polar surface area (TPSA) is 77.6 Å². The first-order valence-electron chi connectivity index (χ1n) is 9.54. The Morgan fingerprint density at radius 2 is 1.97 bits per heavy atom. The lowest BCUT2D eigenvalue weighted by Crippen LogP contribution is -2.26. The molecule has 4 aromatic rings. The van der Waals surface area contributed by atoms with Crippen LogP contribution in [0.15, 0.2) is 59.5 Å². The Morgan fingerprint density at radius 1 is 1.10 bits per heavy atom. The molecule has 0 fully saturated rings. The van der Waals surface area contributed by atoms with Crippen molar-refractivity contribution in [3.63, 3.8) is 0 Å². The number of methoxy groups -OCH3 is 1. The standard InChI is InChI=1S/C22H22N4O3/c1-3-10-23-21(27)16-7-8-18-20(13-16)25(22(28)19-9-11-24-26(18)19)14-15-5-4-6-17(12-15)29-2/h4-9,11-13H,3,10,14H2,1-2H3,(H,23,27). The van der Waals surface area contributed by atoms with E-state index in [9.17, 15) is 9.59 Å². The number of carbonyl (C=O) groups is 1. The number of ether oxygens (including phenoxy) is 1. The fraction of sp³-hybridized carbons (Fsp3) is 0.227. The summed E-state index contributed by atoms with van der Waals surface area (Å²) in [6.45, 7) is 2.96. The molecule has 2 aromatic heterocycles. The largest absolute Gasteiger partial charge is 0.497 e. The number of hydrogen-bond acceptors (Lipinski definition) is 4. The predicted octanol–water partition coefficient (Wildman–Crippen LogP) is 2.85. The van der Waals surface area contributed by atoms with Gasteiger partial charge in [-0.15, -0.1) is 0 Å². The minimum atomic E-state index is -0.163. The first-order chi connectivity index (χ1) is 14.1. The number of fused-ring (bicyclic) bond motifs is 3. The molecule has 1 amide bonds. The third-order valence-corrected chi connectivity index (χ3v) is 4.87. The Labute approximate surface area is 167 Å². The third kappa shape index (κ3) is 3.47. The summed E-state index contributed by atoms with van der Waals surface area (Å²) in [5.41, 5.74) is 3.18. The summed E-state index contributed by atoms with van der Waals surface area (Å²) < 4.78 is 8.60. The lowest BCUT2D eigenvalue weighted by molar-refractivity contribution is 0.0954. The number of hydrogen-bond donors (Lipinski definition) is 1. The lowest BCUT2D eigenvalue weighted by atomic mass is 10.1. The highest BCUT2D eigenvalue weighted by Crippen LogP contribution is 2.19. The Morgan fingerprint density at radius 3 is 2.76 bits per heavy atom. The maximum atomic E-state index is 13.2. The van der Waals surface area contributed by atoms with Crippen LogP contribution in [0.4, 0.5) is 0 Å². The maximum absolute atomic E-state index is 13.2. The van der Waals surface area contributed by atoms with Gasteiger partial charge in [-0.05, 0) is 48.4 Å². The van der Waals surface area contributed by atoms with E-state index in [0.29, 0.717) is 29.7 Å². The van der Waals surface area contributed by atoms with Gasteiger partial charge in [-0.1, -0.05) is 19.1 Å². The van der Waals surface area contributed by atoms with Gasteiger partial charge in [0.2, 0.25) is 0 Å². The number of amides is 1. The monoisotopic (exact) mass is 390 g/mol. The minimum absolute atomic E-state index is 0.158. The van der Waals surface area contributed by atoms with Gasteiger partial charge in [0, 0.05) is 12.1 Å². The van der Waals surface area contributed by atoms with Crippen LogP contribution >= 0.6 is 0 Å². The zero-order valence-electron chi connectivity index (χ0n) is 16.4. The molecule has 0 saturated heterocycles. The van der Waals surface area contributed by atoms with Crippen molar-refractivity contribution in [2.24, 2.45) is 0 Å². The molecule has 29 heavy (non-hydrogen) atoms. The van der Waals surface area contributed by atoms with Gasteiger partial charge in [0.15, 0.2) is 0 Å². The molecule has 0 radical (unpaired) electrons. The quantitative estimate of drug-likeness (QED) is 0.549. The number of nitrogens with zero attached hydrogens (tertiary/aromatic N) is 3. The number of carbonyl (C=O) groups excluding carboxylic acids is 1. The smallest absolute Gasteiger partial charge is 0.277 e. The number of nitrogens with one attached hydrogen (secondary N) is 1. The first-order valence-corrected chi connectivity index (χ1v) is 9.54. The maximum Gasteiger partial charge on any atom is 0.277 e. The van der Waals surface area contributed by atoms with Crippen LogP contribution in [0.25, 0.3) is 16.6 Å². The van der Waals surface area contributed by atoms with Crippen LogP contribution in [-0.2, 0) is 6.54 Å². The normalized spacial score (nSPS) is 11.1. The van der Waals surface area contributed by atoms with E-state index in [0.717, 1.165) is 23.3 Å². The van der Waals surface area contributed by atoms with E-state index in [-0.39, 0.29) is 11.5 Å². The molecule has 0 bridgehead atoms. The molecule has 148 valence electrons. The highest BCUT2D eigenvalue weighted by atomic mass is 16.5. The Bertz CT molecular complexity index is 1260. The Hall–Kier alpha value is -3.61. The fourth-order valence-electron chi connectivity index (χ4n) is 3.42. The van der Waals surface area contributed by atoms with E-state index >= 15 is 0 Å². The van der Waals surface area contributed by atoms with Crippen LogP contribution < -0.4 is 15.6 Å². The molecule has 7 heteroatoms. The van der Waals surface area contributed by atoms with E-state index in [2.05, 4.69) is 10.4 Å². The predicted molar refractivity (Wildman–Crippen MR) is 112 cm³/mol. The van der Waals surface area contributed by atoms with Crippen molar-refractivity contribution in [3.8, 4) is 5.75 Å². The van der Waals surface area contributed by atoms with E-state index < -0.39 is 0 Å². The zero-order valence-corrected chi connectivity index (χ0v) is 16.4. The third-order valence-electron chi connectivity index (χ3n) is 4.87. The highest BCUT2D eigenvalue weighted by molar-refractivity contribution is 5.97. The fourth-order valence-corrected chi connectivity index (χ4v) is 3.42. The Balaban J connectivity index is 1.90. The summed E-state index contributed by atoms with van der Waals surface area (Å²) >= 11 is 0. The van der Waals surface area contributed by atoms with E-state index in [1.165, 1.54) is 0 Å². The SMILES string of the molecule is CCCNC(=O)c1ccc2c(c1)n(Cc1cccc(OC)c1)c(=O)c1ccnn12. The van der Waals surface area contributed by atoms with Crippen molar-refractivity contribution >= 4 is 22.5 Å². The molecule has 1 N–H and O–H groups in total. The summed E-state index contributed by atoms with van der Waals surface area (Å²) in [5.74, 6) is 0.569. The van der Waals surface area contributed by atoms with Gasteiger partial charge in [-0.2, -0.15) is 5.10 Å². The Kier molecular flexibility index (Phi) is 5.03. The van der Waals surface area contributed by atoms with E-state index in [4.69, 9.17) is 4.74 Å². The van der Waals surface area contributed by atoms with Crippen LogP contribution in [0.1, 0.15) is 29.3 Å². The molecule has 4 rings (SSSR count). The molecule has 2 heterocycles. The van der Waals surface area contributed by atoms with Crippen LogP contribution in [0, 0.1) is 0 Å². The van der Waals surface area contributed by atoms with Crippen LogP contribution in [0.3, 0.4) is 0 Å². The van der Waals surface area contributed by atoms with Gasteiger partial charge < -0.3 is 14.6 Å². The number of rotatable bonds is 6. The summed E-state index contributed by atoms with van der Waals surface area (Å²) in [4.78, 5) is 25.6. The van der Waals surface area contributed by atoms with Gasteiger partial charge >= 0.3 is 0 Å². The molecule has 0 saturated carbocycles. The van der Waals surface area contributed by atoms with Gasteiger partial charge in [0.1, 0.15) is 11.3 Å². The molecule has 0 spiro atoms. The number of aromatic nitrogens is 3. The molecule has 0 atom stereocenters.